The van der Waals surface area contributed by atoms with Gasteiger partial charge in [-0.05, 0) is 36.8 Å². The molecule has 0 aromatic heterocycles. The molecule has 106 valence electrons. The third-order valence-corrected chi connectivity index (χ3v) is 3.00. The molecule has 5 heteroatoms. The molecule has 1 N–H and O–H groups in total. The Bertz CT molecular complexity index is 616. The maximum Gasteiger partial charge on any atom is 0.181 e. The van der Waals surface area contributed by atoms with Gasteiger partial charge in [0.2, 0.25) is 0 Å². The molecule has 0 saturated heterocycles. The number of hydrogen-bond donors (Lipinski definition) is 1. The minimum Gasteiger partial charge on any atom is -0.494 e. The molecule has 0 aliphatic heterocycles. The summed E-state index contributed by atoms with van der Waals surface area (Å²) in [7, 11) is 1.37. The number of anilines is 1. The summed E-state index contributed by atoms with van der Waals surface area (Å²) in [5.41, 5.74) is 0.757. The van der Waals surface area contributed by atoms with Crippen molar-refractivity contribution in [3.8, 4) is 5.75 Å². The number of methoxy groups -OCH3 is 1. The molecule has 2 rings (SSSR count). The van der Waals surface area contributed by atoms with E-state index in [1.807, 2.05) is 0 Å². The quantitative estimate of drug-likeness (QED) is 0.902. The van der Waals surface area contributed by atoms with Crippen LogP contribution in [0.4, 0.5) is 18.9 Å². The lowest BCUT2D eigenvalue weighted by atomic mass is 10.1. The summed E-state index contributed by atoms with van der Waals surface area (Å²) in [6, 6.07) is 7.92. The predicted octanol–water partition coefficient (Wildman–Crippen LogP) is 4.29. The molecular weight excluding hydrogens is 267 g/mol. The highest BCUT2D eigenvalue weighted by atomic mass is 19.2. The van der Waals surface area contributed by atoms with E-state index in [0.29, 0.717) is 5.56 Å². The highest BCUT2D eigenvalue weighted by Gasteiger charge is 2.13. The third kappa shape index (κ3) is 2.87. The van der Waals surface area contributed by atoms with Gasteiger partial charge in [0.1, 0.15) is 0 Å². The van der Waals surface area contributed by atoms with E-state index in [9.17, 15) is 13.2 Å². The number of rotatable bonds is 4. The van der Waals surface area contributed by atoms with Crippen molar-refractivity contribution in [2.24, 2.45) is 0 Å². The Kier molecular flexibility index (Phi) is 4.17. The largest absolute Gasteiger partial charge is 0.494 e. The monoisotopic (exact) mass is 281 g/mol. The molecule has 0 bridgehead atoms. The van der Waals surface area contributed by atoms with Gasteiger partial charge >= 0.3 is 0 Å². The van der Waals surface area contributed by atoms with E-state index in [1.54, 1.807) is 13.0 Å². The summed E-state index contributed by atoms with van der Waals surface area (Å²) < 4.78 is 44.9. The fraction of sp³-hybridized carbons (Fsp3) is 0.200. The smallest absolute Gasteiger partial charge is 0.181 e. The van der Waals surface area contributed by atoms with E-state index in [0.717, 1.165) is 6.07 Å². The zero-order valence-electron chi connectivity index (χ0n) is 11.1. The van der Waals surface area contributed by atoms with Crippen LogP contribution in [-0.2, 0) is 0 Å². The van der Waals surface area contributed by atoms with Gasteiger partial charge in [-0.15, -0.1) is 0 Å². The van der Waals surface area contributed by atoms with Crippen molar-refractivity contribution in [3.05, 3.63) is 59.4 Å². The summed E-state index contributed by atoms with van der Waals surface area (Å²) in [4.78, 5) is 0. The molecule has 0 fully saturated rings. The molecule has 0 aliphatic rings. The van der Waals surface area contributed by atoms with Crippen molar-refractivity contribution in [2.45, 2.75) is 13.0 Å². The van der Waals surface area contributed by atoms with Crippen LogP contribution in [0.3, 0.4) is 0 Å². The van der Waals surface area contributed by atoms with Gasteiger partial charge < -0.3 is 10.1 Å². The molecule has 1 atom stereocenters. The SMILES string of the molecule is COc1cc(C(C)Nc2cccc(F)c2F)ccc1F. The molecule has 0 spiro atoms. The Morgan fingerprint density at radius 1 is 1.05 bits per heavy atom. The first kappa shape index (κ1) is 14.2. The standard InChI is InChI=1S/C15H14F3NO/c1-9(10-6-7-11(16)14(8-10)20-2)19-13-5-3-4-12(17)15(13)18/h3-9,19H,1-2H3. The van der Waals surface area contributed by atoms with Crippen molar-refractivity contribution in [3.63, 3.8) is 0 Å². The molecule has 20 heavy (non-hydrogen) atoms. The minimum atomic E-state index is -0.937. The van der Waals surface area contributed by atoms with Crippen molar-refractivity contribution < 1.29 is 17.9 Å². The van der Waals surface area contributed by atoms with Crippen LogP contribution in [0.25, 0.3) is 0 Å². The summed E-state index contributed by atoms with van der Waals surface area (Å²) in [6.45, 7) is 1.76. The Balaban J connectivity index is 2.24. The van der Waals surface area contributed by atoms with Crippen LogP contribution in [0.15, 0.2) is 36.4 Å². The van der Waals surface area contributed by atoms with Gasteiger partial charge in [-0.2, -0.15) is 0 Å². The van der Waals surface area contributed by atoms with Crippen molar-refractivity contribution in [1.29, 1.82) is 0 Å². The lowest BCUT2D eigenvalue weighted by Crippen LogP contribution is -2.09. The van der Waals surface area contributed by atoms with E-state index >= 15 is 0 Å². The highest BCUT2D eigenvalue weighted by molar-refractivity contribution is 5.47. The summed E-state index contributed by atoms with van der Waals surface area (Å²) in [6.07, 6.45) is 0. The number of halogens is 3. The van der Waals surface area contributed by atoms with Crippen LogP contribution >= 0.6 is 0 Å². The van der Waals surface area contributed by atoms with E-state index in [-0.39, 0.29) is 17.5 Å². The highest BCUT2D eigenvalue weighted by Crippen LogP contribution is 2.26. The van der Waals surface area contributed by atoms with Crippen LogP contribution in [-0.4, -0.2) is 7.11 Å². The molecule has 0 radical (unpaired) electrons. The Hall–Kier alpha value is -2.17. The van der Waals surface area contributed by atoms with Crippen LogP contribution in [0.1, 0.15) is 18.5 Å². The van der Waals surface area contributed by atoms with Gasteiger partial charge in [0.05, 0.1) is 12.8 Å². The molecule has 0 heterocycles. The van der Waals surface area contributed by atoms with Crippen LogP contribution in [0.5, 0.6) is 5.75 Å². The minimum absolute atomic E-state index is 0.0563. The summed E-state index contributed by atoms with van der Waals surface area (Å²) in [5.74, 6) is -2.22. The van der Waals surface area contributed by atoms with E-state index in [2.05, 4.69) is 5.32 Å². The van der Waals surface area contributed by atoms with Crippen LogP contribution in [0, 0.1) is 17.5 Å². The second-order valence-corrected chi connectivity index (χ2v) is 4.36. The van der Waals surface area contributed by atoms with Crippen LogP contribution < -0.4 is 10.1 Å². The zero-order chi connectivity index (χ0) is 14.7. The van der Waals surface area contributed by atoms with Crippen LogP contribution in [0.2, 0.25) is 0 Å². The molecular formula is C15H14F3NO. The molecule has 2 aromatic rings. The van der Waals surface area contributed by atoms with Crippen molar-refractivity contribution >= 4 is 5.69 Å². The number of benzene rings is 2. The number of hydrogen-bond acceptors (Lipinski definition) is 2. The summed E-state index contributed by atoms with van der Waals surface area (Å²) >= 11 is 0. The number of nitrogens with one attached hydrogen (secondary N) is 1. The topological polar surface area (TPSA) is 21.3 Å². The predicted molar refractivity (Wildman–Crippen MR) is 71.3 cm³/mol. The van der Waals surface area contributed by atoms with Gasteiger partial charge in [-0.3, -0.25) is 0 Å². The van der Waals surface area contributed by atoms with Gasteiger partial charge in [0, 0.05) is 6.04 Å². The summed E-state index contributed by atoms with van der Waals surface area (Å²) in [5, 5.41) is 2.85. The molecule has 1 unspecified atom stereocenters. The maximum absolute atomic E-state index is 13.6. The van der Waals surface area contributed by atoms with E-state index in [4.69, 9.17) is 4.74 Å². The molecule has 0 aliphatic carbocycles. The van der Waals surface area contributed by atoms with Gasteiger partial charge in [-0.1, -0.05) is 12.1 Å². The first-order valence-electron chi connectivity index (χ1n) is 6.07. The average molecular weight is 281 g/mol. The molecule has 0 amide bonds. The zero-order valence-corrected chi connectivity index (χ0v) is 11.1. The normalized spacial score (nSPS) is 12.1. The fourth-order valence-electron chi connectivity index (χ4n) is 1.88. The first-order chi connectivity index (χ1) is 9.52. The molecule has 2 nitrogen and oxygen atoms in total. The van der Waals surface area contributed by atoms with Crippen molar-refractivity contribution in [1.82, 2.24) is 0 Å². The Morgan fingerprint density at radius 3 is 2.50 bits per heavy atom. The average Bonchev–Trinajstić information content (AvgIpc) is 2.44. The second-order valence-electron chi connectivity index (χ2n) is 4.36. The van der Waals surface area contributed by atoms with Gasteiger partial charge in [0.25, 0.3) is 0 Å². The Morgan fingerprint density at radius 2 is 1.80 bits per heavy atom. The van der Waals surface area contributed by atoms with Crippen molar-refractivity contribution in [2.75, 3.05) is 12.4 Å². The lowest BCUT2D eigenvalue weighted by Gasteiger charge is -2.17. The molecule has 0 saturated carbocycles. The second kappa shape index (κ2) is 5.86. The first-order valence-corrected chi connectivity index (χ1v) is 6.07. The Labute approximate surface area is 115 Å². The lowest BCUT2D eigenvalue weighted by molar-refractivity contribution is 0.385. The number of ether oxygens (including phenoxy) is 1. The molecule has 2 aromatic carbocycles. The van der Waals surface area contributed by atoms with Gasteiger partial charge in [-0.25, -0.2) is 13.2 Å². The van der Waals surface area contributed by atoms with E-state index < -0.39 is 17.5 Å². The van der Waals surface area contributed by atoms with Gasteiger partial charge in [0.15, 0.2) is 23.2 Å². The maximum atomic E-state index is 13.6. The fourth-order valence-corrected chi connectivity index (χ4v) is 1.88. The van der Waals surface area contributed by atoms with E-state index in [1.165, 1.54) is 31.4 Å². The third-order valence-electron chi connectivity index (χ3n) is 3.00.